The van der Waals surface area contributed by atoms with Crippen molar-refractivity contribution in [2.45, 2.75) is 38.0 Å². The summed E-state index contributed by atoms with van der Waals surface area (Å²) in [5.74, 6) is 0.915. The van der Waals surface area contributed by atoms with Crippen LogP contribution in [0.2, 0.25) is 0 Å². The van der Waals surface area contributed by atoms with Gasteiger partial charge in [-0.1, -0.05) is 57.2 Å². The Labute approximate surface area is 214 Å². The first kappa shape index (κ1) is 27.1. The van der Waals surface area contributed by atoms with Gasteiger partial charge in [0.05, 0.1) is 23.7 Å². The molecule has 0 aliphatic carbocycles. The second-order valence-electron chi connectivity index (χ2n) is 9.20. The topological polar surface area (TPSA) is 84.9 Å². The maximum atomic E-state index is 13.5. The fraction of sp³-hybridized carbons (Fsp3) is 0.321. The van der Waals surface area contributed by atoms with Gasteiger partial charge in [-0.05, 0) is 60.4 Å². The van der Waals surface area contributed by atoms with E-state index in [1.54, 1.807) is 42.5 Å². The summed E-state index contributed by atoms with van der Waals surface area (Å²) in [6.45, 7) is 8.81. The van der Waals surface area contributed by atoms with Crippen molar-refractivity contribution in [1.29, 1.82) is 0 Å². The van der Waals surface area contributed by atoms with Gasteiger partial charge in [-0.3, -0.25) is 9.10 Å². The van der Waals surface area contributed by atoms with Crippen LogP contribution in [0, 0.1) is 0 Å². The van der Waals surface area contributed by atoms with Crippen LogP contribution < -0.4 is 19.1 Å². The van der Waals surface area contributed by atoms with Crippen molar-refractivity contribution in [3.05, 3.63) is 84.4 Å². The molecular formula is C28H34N2O5S. The molecular weight excluding hydrogens is 476 g/mol. The average molecular weight is 511 g/mol. The number of nitrogens with zero attached hydrogens (tertiary/aromatic N) is 1. The van der Waals surface area contributed by atoms with E-state index >= 15 is 0 Å². The van der Waals surface area contributed by atoms with Crippen molar-refractivity contribution in [2.75, 3.05) is 30.6 Å². The number of carbonyl (C=O) groups excluding carboxylic acids is 1. The van der Waals surface area contributed by atoms with Gasteiger partial charge >= 0.3 is 0 Å². The number of benzene rings is 3. The molecule has 0 radical (unpaired) electrons. The lowest BCUT2D eigenvalue weighted by Gasteiger charge is -2.24. The molecule has 0 aromatic heterocycles. The number of para-hydroxylation sites is 2. The van der Waals surface area contributed by atoms with Crippen LogP contribution in [-0.2, 0) is 20.2 Å². The standard InChI is InChI=1S/C28H34N2O5S/c1-5-34-23-15-17-24(18-16-23)36(32,33)30(22-11-7-6-8-12-22)21-27(31)29-19-20-35-26-14-10-9-13-25(26)28(2,3)4/h6-18H,5,19-21H2,1-4H3,(H,29,31). The van der Waals surface area contributed by atoms with Crippen molar-refractivity contribution in [2.24, 2.45) is 0 Å². The smallest absolute Gasteiger partial charge is 0.264 e. The SMILES string of the molecule is CCOc1ccc(S(=O)(=O)N(CC(=O)NCCOc2ccccc2C(C)(C)C)c2ccccc2)cc1. The molecule has 7 nitrogen and oxygen atoms in total. The molecule has 0 saturated heterocycles. The summed E-state index contributed by atoms with van der Waals surface area (Å²) in [6, 6.07) is 22.5. The molecule has 3 aromatic rings. The van der Waals surface area contributed by atoms with Crippen LogP contribution in [0.25, 0.3) is 0 Å². The van der Waals surface area contributed by atoms with Gasteiger partial charge in [0.1, 0.15) is 24.7 Å². The van der Waals surface area contributed by atoms with Gasteiger partial charge < -0.3 is 14.8 Å². The van der Waals surface area contributed by atoms with E-state index in [1.165, 1.54) is 12.1 Å². The normalized spacial score (nSPS) is 11.6. The Morgan fingerprint density at radius 2 is 1.53 bits per heavy atom. The van der Waals surface area contributed by atoms with E-state index in [0.29, 0.717) is 18.0 Å². The molecule has 0 aliphatic rings. The Bertz CT molecular complexity index is 1240. The van der Waals surface area contributed by atoms with E-state index in [-0.39, 0.29) is 30.0 Å². The third kappa shape index (κ3) is 7.01. The lowest BCUT2D eigenvalue weighted by molar-refractivity contribution is -0.119. The number of sulfonamides is 1. The first-order chi connectivity index (χ1) is 17.1. The largest absolute Gasteiger partial charge is 0.494 e. The summed E-state index contributed by atoms with van der Waals surface area (Å²) in [5, 5.41) is 2.77. The van der Waals surface area contributed by atoms with E-state index < -0.39 is 15.9 Å². The lowest BCUT2D eigenvalue weighted by Crippen LogP contribution is -2.41. The highest BCUT2D eigenvalue weighted by Crippen LogP contribution is 2.31. The highest BCUT2D eigenvalue weighted by atomic mass is 32.2. The molecule has 192 valence electrons. The quantitative estimate of drug-likeness (QED) is 0.376. The zero-order valence-electron chi connectivity index (χ0n) is 21.2. The Morgan fingerprint density at radius 1 is 0.889 bits per heavy atom. The molecule has 1 N–H and O–H groups in total. The van der Waals surface area contributed by atoms with E-state index in [4.69, 9.17) is 9.47 Å². The number of rotatable bonds is 11. The summed E-state index contributed by atoms with van der Waals surface area (Å²) in [7, 11) is -3.99. The summed E-state index contributed by atoms with van der Waals surface area (Å²) < 4.78 is 39.4. The third-order valence-electron chi connectivity index (χ3n) is 5.43. The van der Waals surface area contributed by atoms with Gasteiger partial charge in [0.15, 0.2) is 0 Å². The van der Waals surface area contributed by atoms with Crippen LogP contribution in [-0.4, -0.2) is 40.6 Å². The Balaban J connectivity index is 1.68. The molecule has 0 bridgehead atoms. The summed E-state index contributed by atoms with van der Waals surface area (Å²) in [6.07, 6.45) is 0. The van der Waals surface area contributed by atoms with E-state index in [9.17, 15) is 13.2 Å². The minimum absolute atomic E-state index is 0.0738. The molecule has 36 heavy (non-hydrogen) atoms. The highest BCUT2D eigenvalue weighted by Gasteiger charge is 2.27. The molecule has 8 heteroatoms. The maximum Gasteiger partial charge on any atom is 0.264 e. The molecule has 3 aromatic carbocycles. The van der Waals surface area contributed by atoms with Crippen molar-refractivity contribution in [3.63, 3.8) is 0 Å². The van der Waals surface area contributed by atoms with Crippen molar-refractivity contribution < 1.29 is 22.7 Å². The second kappa shape index (κ2) is 11.9. The van der Waals surface area contributed by atoms with Crippen LogP contribution in [0.5, 0.6) is 11.5 Å². The van der Waals surface area contributed by atoms with Gasteiger partial charge in [-0.25, -0.2) is 8.42 Å². The van der Waals surface area contributed by atoms with Gasteiger partial charge in [0.25, 0.3) is 10.0 Å². The zero-order valence-corrected chi connectivity index (χ0v) is 22.0. The monoisotopic (exact) mass is 510 g/mol. The first-order valence-electron chi connectivity index (χ1n) is 11.9. The number of hydrogen-bond donors (Lipinski definition) is 1. The molecule has 0 fully saturated rings. The Kier molecular flexibility index (Phi) is 8.98. The van der Waals surface area contributed by atoms with E-state index in [1.807, 2.05) is 31.2 Å². The van der Waals surface area contributed by atoms with Gasteiger partial charge in [-0.15, -0.1) is 0 Å². The van der Waals surface area contributed by atoms with Crippen LogP contribution in [0.3, 0.4) is 0 Å². The molecule has 1 amide bonds. The number of nitrogens with one attached hydrogen (secondary N) is 1. The molecule has 3 rings (SSSR count). The van der Waals surface area contributed by atoms with Crippen LogP contribution in [0.4, 0.5) is 5.69 Å². The first-order valence-corrected chi connectivity index (χ1v) is 13.4. The van der Waals surface area contributed by atoms with Crippen molar-refractivity contribution in [1.82, 2.24) is 5.32 Å². The van der Waals surface area contributed by atoms with Crippen LogP contribution in [0.1, 0.15) is 33.3 Å². The number of hydrogen-bond acceptors (Lipinski definition) is 5. The number of amides is 1. The highest BCUT2D eigenvalue weighted by molar-refractivity contribution is 7.92. The number of carbonyl (C=O) groups is 1. The molecule has 0 aliphatic heterocycles. The predicted octanol–water partition coefficient (Wildman–Crippen LogP) is 4.77. The fourth-order valence-corrected chi connectivity index (χ4v) is 5.08. The predicted molar refractivity (Wildman–Crippen MR) is 142 cm³/mol. The molecule has 0 heterocycles. The molecule has 0 spiro atoms. The van der Waals surface area contributed by atoms with Crippen molar-refractivity contribution >= 4 is 21.6 Å². The van der Waals surface area contributed by atoms with Crippen molar-refractivity contribution in [3.8, 4) is 11.5 Å². The Morgan fingerprint density at radius 3 is 2.17 bits per heavy atom. The third-order valence-corrected chi connectivity index (χ3v) is 7.22. The van der Waals surface area contributed by atoms with Gasteiger partial charge in [0.2, 0.25) is 5.91 Å². The second-order valence-corrected chi connectivity index (χ2v) is 11.1. The van der Waals surface area contributed by atoms with Gasteiger partial charge in [-0.2, -0.15) is 0 Å². The Hall–Kier alpha value is -3.52. The van der Waals surface area contributed by atoms with Crippen LogP contribution in [0.15, 0.2) is 83.8 Å². The molecule has 0 saturated carbocycles. The summed E-state index contributed by atoms with van der Waals surface area (Å²) in [5.41, 5.74) is 1.40. The van der Waals surface area contributed by atoms with Gasteiger partial charge in [0, 0.05) is 0 Å². The van der Waals surface area contributed by atoms with E-state index in [0.717, 1.165) is 15.6 Å². The summed E-state index contributed by atoms with van der Waals surface area (Å²) >= 11 is 0. The molecule has 0 atom stereocenters. The minimum atomic E-state index is -3.99. The molecule has 0 unspecified atom stereocenters. The van der Waals surface area contributed by atoms with Crippen LogP contribution >= 0.6 is 0 Å². The number of anilines is 1. The zero-order chi connectivity index (χ0) is 26.2. The lowest BCUT2D eigenvalue weighted by atomic mass is 9.86. The summed E-state index contributed by atoms with van der Waals surface area (Å²) in [4.78, 5) is 12.9. The fourth-order valence-electron chi connectivity index (χ4n) is 3.66. The minimum Gasteiger partial charge on any atom is -0.494 e. The number of ether oxygens (including phenoxy) is 2. The van der Waals surface area contributed by atoms with E-state index in [2.05, 4.69) is 26.1 Å². The average Bonchev–Trinajstić information content (AvgIpc) is 2.86. The maximum absolute atomic E-state index is 13.5.